The molecule has 2 rings (SSSR count). The second-order valence-corrected chi connectivity index (χ2v) is 3.96. The number of nitrogens with zero attached hydrogens (tertiary/aromatic N) is 1. The van der Waals surface area contributed by atoms with Crippen molar-refractivity contribution in [3.63, 3.8) is 0 Å². The number of hydrogen-bond donors (Lipinski definition) is 2. The molecule has 0 aliphatic rings. The van der Waals surface area contributed by atoms with Crippen molar-refractivity contribution in [3.05, 3.63) is 53.7 Å². The quantitative estimate of drug-likeness (QED) is 0.825. The van der Waals surface area contributed by atoms with E-state index >= 15 is 0 Å². The number of aromatic nitrogens is 1. The summed E-state index contributed by atoms with van der Waals surface area (Å²) < 4.78 is 4.65. The Labute approximate surface area is 115 Å². The summed E-state index contributed by atoms with van der Waals surface area (Å²) in [6.07, 6.45) is 1.54. The van der Waals surface area contributed by atoms with Gasteiger partial charge < -0.3 is 15.8 Å². The summed E-state index contributed by atoms with van der Waals surface area (Å²) in [4.78, 5) is 26.8. The van der Waals surface area contributed by atoms with Crippen molar-refractivity contribution in [2.75, 3.05) is 12.4 Å². The minimum atomic E-state index is -0.579. The van der Waals surface area contributed by atoms with E-state index in [0.29, 0.717) is 17.1 Å². The second kappa shape index (κ2) is 5.83. The van der Waals surface area contributed by atoms with Gasteiger partial charge in [-0.25, -0.2) is 9.78 Å². The molecule has 2 aromatic rings. The first-order valence-electron chi connectivity index (χ1n) is 5.82. The Balaban J connectivity index is 2.31. The fraction of sp³-hybridized carbons (Fsp3) is 0.0714. The van der Waals surface area contributed by atoms with Crippen LogP contribution in [-0.2, 0) is 4.74 Å². The van der Waals surface area contributed by atoms with Gasteiger partial charge in [0.1, 0.15) is 5.82 Å². The van der Waals surface area contributed by atoms with Crippen LogP contribution in [0.1, 0.15) is 20.7 Å². The minimum absolute atomic E-state index is 0.274. The van der Waals surface area contributed by atoms with Crippen LogP contribution in [0.4, 0.5) is 11.5 Å². The Morgan fingerprint density at radius 3 is 2.75 bits per heavy atom. The van der Waals surface area contributed by atoms with Crippen LogP contribution in [0.15, 0.2) is 42.6 Å². The Hall–Kier alpha value is -2.89. The molecule has 1 amide bonds. The number of carbonyl (C=O) groups excluding carboxylic acids is 2. The molecular weight excluding hydrogens is 258 g/mol. The van der Waals surface area contributed by atoms with E-state index < -0.39 is 11.9 Å². The van der Waals surface area contributed by atoms with Gasteiger partial charge in [-0.15, -0.1) is 0 Å². The van der Waals surface area contributed by atoms with Crippen LogP contribution in [-0.4, -0.2) is 24.0 Å². The number of methoxy groups -OCH3 is 1. The molecule has 3 N–H and O–H groups in total. The van der Waals surface area contributed by atoms with E-state index in [0.717, 1.165) is 0 Å². The van der Waals surface area contributed by atoms with Gasteiger partial charge in [-0.3, -0.25) is 4.79 Å². The third-order valence-corrected chi connectivity index (χ3v) is 2.62. The zero-order chi connectivity index (χ0) is 14.5. The summed E-state index contributed by atoms with van der Waals surface area (Å²) in [6.45, 7) is 0. The van der Waals surface area contributed by atoms with Crippen molar-refractivity contribution in [2.24, 2.45) is 5.73 Å². The number of anilines is 2. The number of esters is 1. The molecule has 1 aromatic heterocycles. The number of rotatable bonds is 4. The van der Waals surface area contributed by atoms with Crippen molar-refractivity contribution in [3.8, 4) is 0 Å². The van der Waals surface area contributed by atoms with Crippen molar-refractivity contribution in [1.82, 2.24) is 4.98 Å². The Kier molecular flexibility index (Phi) is 3.95. The molecule has 0 unspecified atom stereocenters. The maximum absolute atomic E-state index is 11.5. The molecule has 1 aromatic carbocycles. The van der Waals surface area contributed by atoms with Crippen LogP contribution in [0.25, 0.3) is 0 Å². The van der Waals surface area contributed by atoms with Gasteiger partial charge in [-0.2, -0.15) is 0 Å². The van der Waals surface area contributed by atoms with E-state index in [4.69, 9.17) is 5.73 Å². The average Bonchev–Trinajstić information content (AvgIpc) is 2.47. The molecule has 20 heavy (non-hydrogen) atoms. The monoisotopic (exact) mass is 271 g/mol. The normalized spacial score (nSPS) is 9.85. The lowest BCUT2D eigenvalue weighted by atomic mass is 10.2. The largest absolute Gasteiger partial charge is 0.465 e. The van der Waals surface area contributed by atoms with Crippen molar-refractivity contribution in [2.45, 2.75) is 0 Å². The predicted octanol–water partition coefficient (Wildman–Crippen LogP) is 1.71. The number of carbonyl (C=O) groups is 2. The summed E-state index contributed by atoms with van der Waals surface area (Å²) in [7, 11) is 1.31. The first kappa shape index (κ1) is 13.5. The van der Waals surface area contributed by atoms with Crippen molar-refractivity contribution < 1.29 is 14.3 Å². The SMILES string of the molecule is COC(=O)c1cccc(Nc2ncccc2C(N)=O)c1. The highest BCUT2D eigenvalue weighted by molar-refractivity contribution is 5.98. The Morgan fingerprint density at radius 1 is 1.25 bits per heavy atom. The zero-order valence-electron chi connectivity index (χ0n) is 10.8. The van der Waals surface area contributed by atoms with E-state index in [1.54, 1.807) is 42.6 Å². The maximum Gasteiger partial charge on any atom is 0.337 e. The van der Waals surface area contributed by atoms with Crippen LogP contribution in [0.2, 0.25) is 0 Å². The first-order chi connectivity index (χ1) is 9.61. The molecule has 6 heteroatoms. The number of benzene rings is 1. The number of nitrogens with two attached hydrogens (primary N) is 1. The lowest BCUT2D eigenvalue weighted by Crippen LogP contribution is -2.14. The van der Waals surface area contributed by atoms with Crippen LogP contribution >= 0.6 is 0 Å². The molecular formula is C14H13N3O3. The molecule has 0 saturated carbocycles. The number of amides is 1. The second-order valence-electron chi connectivity index (χ2n) is 3.96. The highest BCUT2D eigenvalue weighted by Gasteiger charge is 2.10. The molecule has 0 bridgehead atoms. The van der Waals surface area contributed by atoms with Gasteiger partial charge in [0.05, 0.1) is 18.2 Å². The third kappa shape index (κ3) is 2.92. The lowest BCUT2D eigenvalue weighted by molar-refractivity contribution is 0.0600. The van der Waals surface area contributed by atoms with Gasteiger partial charge >= 0.3 is 5.97 Å². The fourth-order valence-electron chi connectivity index (χ4n) is 1.68. The zero-order valence-corrected chi connectivity index (χ0v) is 10.8. The Bertz CT molecular complexity index is 656. The highest BCUT2D eigenvalue weighted by atomic mass is 16.5. The van der Waals surface area contributed by atoms with Crippen LogP contribution < -0.4 is 11.1 Å². The topological polar surface area (TPSA) is 94.3 Å². The number of hydrogen-bond acceptors (Lipinski definition) is 5. The van der Waals surface area contributed by atoms with E-state index in [1.807, 2.05) is 0 Å². The smallest absolute Gasteiger partial charge is 0.337 e. The number of nitrogens with one attached hydrogen (secondary N) is 1. The first-order valence-corrected chi connectivity index (χ1v) is 5.82. The van der Waals surface area contributed by atoms with E-state index in [9.17, 15) is 9.59 Å². The minimum Gasteiger partial charge on any atom is -0.465 e. The van der Waals surface area contributed by atoms with E-state index in [-0.39, 0.29) is 5.56 Å². The fourth-order valence-corrected chi connectivity index (χ4v) is 1.68. The van der Waals surface area contributed by atoms with Crippen LogP contribution in [0.3, 0.4) is 0 Å². The number of primary amides is 1. The predicted molar refractivity (Wildman–Crippen MR) is 73.8 cm³/mol. The van der Waals surface area contributed by atoms with Crippen molar-refractivity contribution >= 4 is 23.4 Å². The van der Waals surface area contributed by atoms with E-state index in [2.05, 4.69) is 15.0 Å². The van der Waals surface area contributed by atoms with Gasteiger partial charge in [0.15, 0.2) is 0 Å². The van der Waals surface area contributed by atoms with Gasteiger partial charge in [-0.05, 0) is 30.3 Å². The van der Waals surface area contributed by atoms with E-state index in [1.165, 1.54) is 7.11 Å². The molecule has 0 aliphatic carbocycles. The summed E-state index contributed by atoms with van der Waals surface area (Å²) in [5.41, 5.74) is 6.55. The molecule has 0 saturated heterocycles. The van der Waals surface area contributed by atoms with Gasteiger partial charge in [0.25, 0.3) is 5.91 Å². The molecule has 0 spiro atoms. The summed E-state index contributed by atoms with van der Waals surface area (Å²) >= 11 is 0. The molecule has 102 valence electrons. The molecule has 0 radical (unpaired) electrons. The lowest BCUT2D eigenvalue weighted by Gasteiger charge is -2.09. The van der Waals surface area contributed by atoms with Crippen LogP contribution in [0.5, 0.6) is 0 Å². The van der Waals surface area contributed by atoms with Crippen LogP contribution in [0, 0.1) is 0 Å². The van der Waals surface area contributed by atoms with Crippen molar-refractivity contribution in [1.29, 1.82) is 0 Å². The molecule has 0 fully saturated rings. The standard InChI is InChI=1S/C14H13N3O3/c1-20-14(19)9-4-2-5-10(8-9)17-13-11(12(15)18)6-3-7-16-13/h2-8H,1H3,(H2,15,18)(H,16,17). The average molecular weight is 271 g/mol. The molecule has 6 nitrogen and oxygen atoms in total. The summed E-state index contributed by atoms with van der Waals surface area (Å²) in [5.74, 6) is -0.684. The highest BCUT2D eigenvalue weighted by Crippen LogP contribution is 2.19. The third-order valence-electron chi connectivity index (χ3n) is 2.62. The Morgan fingerprint density at radius 2 is 2.05 bits per heavy atom. The summed E-state index contributed by atoms with van der Waals surface area (Å²) in [5, 5.41) is 2.95. The molecule has 1 heterocycles. The summed E-state index contributed by atoms with van der Waals surface area (Å²) in [6, 6.07) is 9.86. The molecule has 0 atom stereocenters. The number of pyridine rings is 1. The molecule has 0 aliphatic heterocycles. The van der Waals surface area contributed by atoms with Gasteiger partial charge in [0, 0.05) is 11.9 Å². The van der Waals surface area contributed by atoms with Gasteiger partial charge in [0.2, 0.25) is 0 Å². The number of ether oxygens (including phenoxy) is 1. The van der Waals surface area contributed by atoms with Gasteiger partial charge in [-0.1, -0.05) is 6.07 Å². The maximum atomic E-state index is 11.5.